The van der Waals surface area contributed by atoms with Gasteiger partial charge in [0.1, 0.15) is 0 Å². The van der Waals surface area contributed by atoms with Gasteiger partial charge >= 0.3 is 0 Å². The lowest BCUT2D eigenvalue weighted by atomic mass is 9.88. The quantitative estimate of drug-likeness (QED) is 0.705. The second kappa shape index (κ2) is 5.71. The van der Waals surface area contributed by atoms with Crippen molar-refractivity contribution in [2.75, 3.05) is 12.4 Å². The molecule has 132 valence electrons. The highest BCUT2D eigenvalue weighted by Crippen LogP contribution is 2.41. The van der Waals surface area contributed by atoms with Crippen molar-refractivity contribution in [3.8, 4) is 5.75 Å². The lowest BCUT2D eigenvalue weighted by molar-refractivity contribution is -0.133. The molecule has 0 bridgehead atoms. The topological polar surface area (TPSA) is 88.8 Å². The number of hydrogen-bond acceptors (Lipinski definition) is 5. The van der Waals surface area contributed by atoms with Crippen molar-refractivity contribution in [3.63, 3.8) is 0 Å². The van der Waals surface area contributed by atoms with E-state index in [4.69, 9.17) is 9.15 Å². The zero-order valence-electron chi connectivity index (χ0n) is 14.3. The fraction of sp³-hybridized carbons (Fsp3) is 0.200. The number of carbonyl (C=O) groups is 2. The standard InChI is InChI=1S/C20H17NO5/c1-11-5-3-7-13-17(11)21-19(23)20(13,24)10-14(22)16-9-12-6-4-8-15(25-2)18(12)26-16/h3-9,24H,10H2,1-2H3,(H,21,23). The monoisotopic (exact) mass is 351 g/mol. The smallest absolute Gasteiger partial charge is 0.261 e. The Labute approximate surface area is 149 Å². The molecule has 0 aliphatic carbocycles. The van der Waals surface area contributed by atoms with Crippen LogP contribution in [0, 0.1) is 6.92 Å². The van der Waals surface area contributed by atoms with Gasteiger partial charge in [0.15, 0.2) is 22.7 Å². The fourth-order valence-electron chi connectivity index (χ4n) is 3.35. The SMILES string of the molecule is COc1cccc2cc(C(=O)CC3(O)C(=O)Nc4c(C)cccc43)oc12. The van der Waals surface area contributed by atoms with Crippen LogP contribution >= 0.6 is 0 Å². The number of ether oxygens (including phenoxy) is 1. The summed E-state index contributed by atoms with van der Waals surface area (Å²) in [7, 11) is 1.52. The number of aryl methyl sites for hydroxylation is 1. The molecule has 26 heavy (non-hydrogen) atoms. The second-order valence-electron chi connectivity index (χ2n) is 6.40. The molecule has 1 amide bonds. The van der Waals surface area contributed by atoms with Gasteiger partial charge < -0.3 is 19.6 Å². The first-order chi connectivity index (χ1) is 12.4. The molecule has 3 aromatic rings. The highest BCUT2D eigenvalue weighted by Gasteiger charge is 2.47. The van der Waals surface area contributed by atoms with Crippen LogP contribution in [0.2, 0.25) is 0 Å². The molecule has 2 N–H and O–H groups in total. The van der Waals surface area contributed by atoms with Gasteiger partial charge in [-0.25, -0.2) is 0 Å². The van der Waals surface area contributed by atoms with E-state index in [9.17, 15) is 14.7 Å². The normalized spacial score (nSPS) is 18.7. The summed E-state index contributed by atoms with van der Waals surface area (Å²) in [6.45, 7) is 1.83. The minimum Gasteiger partial charge on any atom is -0.493 e. The Balaban J connectivity index is 1.71. The first-order valence-corrected chi connectivity index (χ1v) is 8.17. The average molecular weight is 351 g/mol. The van der Waals surface area contributed by atoms with Crippen LogP contribution in [-0.4, -0.2) is 23.9 Å². The minimum absolute atomic E-state index is 0.0758. The van der Waals surface area contributed by atoms with Crippen LogP contribution in [0.1, 0.15) is 28.1 Å². The molecule has 6 heteroatoms. The van der Waals surface area contributed by atoms with Crippen LogP contribution < -0.4 is 10.1 Å². The van der Waals surface area contributed by atoms with Crippen molar-refractivity contribution in [2.24, 2.45) is 0 Å². The van der Waals surface area contributed by atoms with Gasteiger partial charge in [0, 0.05) is 10.9 Å². The molecule has 2 aromatic carbocycles. The van der Waals surface area contributed by atoms with E-state index in [-0.39, 0.29) is 5.76 Å². The van der Waals surface area contributed by atoms with E-state index >= 15 is 0 Å². The molecule has 4 rings (SSSR count). The molecule has 1 aliphatic rings. The van der Waals surface area contributed by atoms with Crippen LogP contribution in [0.4, 0.5) is 5.69 Å². The maximum atomic E-state index is 12.7. The molecule has 1 aliphatic heterocycles. The van der Waals surface area contributed by atoms with Crippen molar-refractivity contribution in [2.45, 2.75) is 18.9 Å². The van der Waals surface area contributed by atoms with Crippen molar-refractivity contribution in [1.82, 2.24) is 0 Å². The van der Waals surface area contributed by atoms with E-state index in [2.05, 4.69) is 5.32 Å². The largest absolute Gasteiger partial charge is 0.493 e. The lowest BCUT2D eigenvalue weighted by Gasteiger charge is -2.19. The van der Waals surface area contributed by atoms with Gasteiger partial charge in [-0.2, -0.15) is 0 Å². The van der Waals surface area contributed by atoms with Crippen LogP contribution in [-0.2, 0) is 10.4 Å². The molecule has 2 heterocycles. The number of benzene rings is 2. The third kappa shape index (κ3) is 2.30. The number of rotatable bonds is 4. The van der Waals surface area contributed by atoms with E-state index in [0.29, 0.717) is 28.0 Å². The number of ketones is 1. The Morgan fingerprint density at radius 2 is 2.04 bits per heavy atom. The molecular formula is C20H17NO5. The van der Waals surface area contributed by atoms with E-state index < -0.39 is 23.7 Å². The summed E-state index contributed by atoms with van der Waals surface area (Å²) in [5.74, 6) is -0.481. The van der Waals surface area contributed by atoms with Crippen LogP contribution in [0.25, 0.3) is 11.0 Å². The first-order valence-electron chi connectivity index (χ1n) is 8.17. The summed E-state index contributed by atoms with van der Waals surface area (Å²) in [6, 6.07) is 12.1. The molecule has 1 unspecified atom stereocenters. The highest BCUT2D eigenvalue weighted by molar-refractivity contribution is 6.10. The summed E-state index contributed by atoms with van der Waals surface area (Å²) in [4.78, 5) is 25.1. The number of para-hydroxylation sites is 2. The van der Waals surface area contributed by atoms with E-state index in [1.807, 2.05) is 13.0 Å². The number of methoxy groups -OCH3 is 1. The summed E-state index contributed by atoms with van der Waals surface area (Å²) < 4.78 is 10.9. The van der Waals surface area contributed by atoms with E-state index in [1.165, 1.54) is 7.11 Å². The lowest BCUT2D eigenvalue weighted by Crippen LogP contribution is -2.36. The number of amides is 1. The van der Waals surface area contributed by atoms with Crippen LogP contribution in [0.3, 0.4) is 0 Å². The molecule has 6 nitrogen and oxygen atoms in total. The third-order valence-corrected chi connectivity index (χ3v) is 4.75. The van der Waals surface area contributed by atoms with Crippen molar-refractivity contribution >= 4 is 28.3 Å². The maximum Gasteiger partial charge on any atom is 0.261 e. The highest BCUT2D eigenvalue weighted by atomic mass is 16.5. The van der Waals surface area contributed by atoms with E-state index in [1.54, 1.807) is 36.4 Å². The summed E-state index contributed by atoms with van der Waals surface area (Å²) in [6.07, 6.45) is -0.405. The molecule has 1 atom stereocenters. The molecule has 0 spiro atoms. The zero-order valence-corrected chi connectivity index (χ0v) is 14.3. The second-order valence-corrected chi connectivity index (χ2v) is 6.40. The predicted molar refractivity (Wildman–Crippen MR) is 95.4 cm³/mol. The summed E-state index contributed by atoms with van der Waals surface area (Å²) in [5, 5.41) is 14.3. The number of anilines is 1. The Morgan fingerprint density at radius 1 is 1.27 bits per heavy atom. The fourth-order valence-corrected chi connectivity index (χ4v) is 3.35. The Kier molecular flexibility index (Phi) is 3.59. The van der Waals surface area contributed by atoms with Gasteiger partial charge in [-0.05, 0) is 24.6 Å². The molecule has 0 fully saturated rings. The molecule has 0 saturated heterocycles. The maximum absolute atomic E-state index is 12.7. The molecule has 0 radical (unpaired) electrons. The third-order valence-electron chi connectivity index (χ3n) is 4.75. The number of furan rings is 1. The predicted octanol–water partition coefficient (Wildman–Crippen LogP) is 3.16. The summed E-state index contributed by atoms with van der Waals surface area (Å²) >= 11 is 0. The number of nitrogens with one attached hydrogen (secondary N) is 1. The average Bonchev–Trinajstić information content (AvgIpc) is 3.16. The minimum atomic E-state index is -1.92. The number of hydrogen-bond donors (Lipinski definition) is 2. The van der Waals surface area contributed by atoms with Gasteiger partial charge in [-0.3, -0.25) is 9.59 Å². The Morgan fingerprint density at radius 3 is 2.81 bits per heavy atom. The van der Waals surface area contributed by atoms with Crippen molar-refractivity contribution < 1.29 is 23.8 Å². The van der Waals surface area contributed by atoms with Gasteiger partial charge in [0.05, 0.1) is 19.2 Å². The van der Waals surface area contributed by atoms with Crippen LogP contribution in [0.15, 0.2) is 46.9 Å². The van der Waals surface area contributed by atoms with Gasteiger partial charge in [-0.15, -0.1) is 0 Å². The van der Waals surface area contributed by atoms with Crippen molar-refractivity contribution in [1.29, 1.82) is 0 Å². The van der Waals surface area contributed by atoms with Crippen LogP contribution in [0.5, 0.6) is 5.75 Å². The summed E-state index contributed by atoms with van der Waals surface area (Å²) in [5.41, 5.74) is 0.329. The number of carbonyl (C=O) groups excluding carboxylic acids is 2. The molecule has 0 saturated carbocycles. The Hall–Kier alpha value is -3.12. The van der Waals surface area contributed by atoms with Gasteiger partial charge in [0.25, 0.3) is 5.91 Å². The first kappa shape index (κ1) is 16.4. The number of aliphatic hydroxyl groups is 1. The number of fused-ring (bicyclic) bond motifs is 2. The number of Topliss-reactive ketones (excluding diaryl/α,β-unsaturated/α-hetero) is 1. The Bertz CT molecular complexity index is 1050. The zero-order chi connectivity index (χ0) is 18.5. The van der Waals surface area contributed by atoms with Crippen molar-refractivity contribution in [3.05, 3.63) is 59.4 Å². The molecule has 1 aromatic heterocycles. The van der Waals surface area contributed by atoms with E-state index in [0.717, 1.165) is 5.56 Å². The van der Waals surface area contributed by atoms with Gasteiger partial charge in [-0.1, -0.05) is 30.3 Å². The van der Waals surface area contributed by atoms with Gasteiger partial charge in [0.2, 0.25) is 5.78 Å². The molecular weight excluding hydrogens is 334 g/mol.